The third kappa shape index (κ3) is 3.36. The predicted octanol–water partition coefficient (Wildman–Crippen LogP) is 2.81. The van der Waals surface area contributed by atoms with E-state index < -0.39 is 5.91 Å². The largest absolute Gasteiger partial charge is 0.449 e. The second-order valence-electron chi connectivity index (χ2n) is 8.48. The highest BCUT2D eigenvalue weighted by molar-refractivity contribution is 6.15. The number of para-hydroxylation sites is 1. The molecular weight excluding hydrogens is 436 g/mol. The van der Waals surface area contributed by atoms with E-state index in [2.05, 4.69) is 10.3 Å². The molecule has 0 bridgehead atoms. The number of aryl methyl sites for hydroxylation is 1. The number of furan rings is 1. The Hall–Kier alpha value is -3.98. The minimum absolute atomic E-state index is 0.0799. The molecule has 0 unspecified atom stereocenters. The molecule has 0 atom stereocenters. The van der Waals surface area contributed by atoms with Gasteiger partial charge in [-0.1, -0.05) is 12.1 Å². The number of carbonyl (C=O) groups is 2. The summed E-state index contributed by atoms with van der Waals surface area (Å²) < 4.78 is 12.9. The standard InChI is InChI=1S/C25H22N4O5/c30-23(15-7-8-16-18(14-15)26-20-6-3-9-29(20)24(16)31)27-21-17-4-1-2-5-19(17)34-22(21)25(32)28-10-12-33-13-11-28/h1-2,4-5,7-8,14H,3,6,9-13H2,(H,27,30). The van der Waals surface area contributed by atoms with Gasteiger partial charge in [0.2, 0.25) is 5.76 Å². The zero-order valence-electron chi connectivity index (χ0n) is 18.4. The zero-order valence-corrected chi connectivity index (χ0v) is 18.4. The van der Waals surface area contributed by atoms with Crippen LogP contribution in [0.15, 0.2) is 51.7 Å². The maximum Gasteiger partial charge on any atom is 0.291 e. The van der Waals surface area contributed by atoms with Gasteiger partial charge in [0.05, 0.1) is 24.1 Å². The Morgan fingerprint density at radius 3 is 2.68 bits per heavy atom. The first-order valence-corrected chi connectivity index (χ1v) is 11.3. The summed E-state index contributed by atoms with van der Waals surface area (Å²) >= 11 is 0. The molecular formula is C25H22N4O5. The molecule has 2 aliphatic heterocycles. The van der Waals surface area contributed by atoms with Crippen molar-refractivity contribution in [3.63, 3.8) is 0 Å². The third-order valence-electron chi connectivity index (χ3n) is 6.41. The summed E-state index contributed by atoms with van der Waals surface area (Å²) in [7, 11) is 0. The lowest BCUT2D eigenvalue weighted by Gasteiger charge is -2.26. The molecule has 6 rings (SSSR count). The fourth-order valence-corrected chi connectivity index (χ4v) is 4.64. The molecule has 1 N–H and O–H groups in total. The molecule has 4 aromatic rings. The summed E-state index contributed by atoms with van der Waals surface area (Å²) in [6.45, 7) is 2.51. The number of benzene rings is 2. The Balaban J connectivity index is 1.37. The first-order valence-electron chi connectivity index (χ1n) is 11.3. The van der Waals surface area contributed by atoms with E-state index in [4.69, 9.17) is 9.15 Å². The van der Waals surface area contributed by atoms with Crippen molar-refractivity contribution < 1.29 is 18.7 Å². The molecule has 0 spiro atoms. The van der Waals surface area contributed by atoms with Gasteiger partial charge in [-0.15, -0.1) is 0 Å². The Labute approximate surface area is 193 Å². The second-order valence-corrected chi connectivity index (χ2v) is 8.48. The summed E-state index contributed by atoms with van der Waals surface area (Å²) in [6.07, 6.45) is 1.63. The number of aromatic nitrogens is 2. The molecule has 2 aromatic heterocycles. The van der Waals surface area contributed by atoms with E-state index in [9.17, 15) is 14.4 Å². The van der Waals surface area contributed by atoms with Gasteiger partial charge in [-0.25, -0.2) is 4.98 Å². The topological polar surface area (TPSA) is 107 Å². The third-order valence-corrected chi connectivity index (χ3v) is 6.41. The van der Waals surface area contributed by atoms with E-state index in [-0.39, 0.29) is 17.2 Å². The summed E-state index contributed by atoms with van der Waals surface area (Å²) in [5.41, 5.74) is 1.60. The molecule has 0 saturated carbocycles. The molecule has 2 aliphatic rings. The zero-order chi connectivity index (χ0) is 23.2. The number of nitrogens with zero attached hydrogens (tertiary/aromatic N) is 3. The van der Waals surface area contributed by atoms with Crippen LogP contribution in [-0.2, 0) is 17.7 Å². The summed E-state index contributed by atoms with van der Waals surface area (Å²) in [5.74, 6) is 0.131. The molecule has 9 nitrogen and oxygen atoms in total. The van der Waals surface area contributed by atoms with Gasteiger partial charge in [-0.2, -0.15) is 0 Å². The van der Waals surface area contributed by atoms with Crippen molar-refractivity contribution >= 4 is 39.4 Å². The molecule has 2 aromatic carbocycles. The number of morpholine rings is 1. The number of hydrogen-bond acceptors (Lipinski definition) is 6. The summed E-state index contributed by atoms with van der Waals surface area (Å²) in [6, 6.07) is 12.1. The van der Waals surface area contributed by atoms with Crippen LogP contribution in [0.3, 0.4) is 0 Å². The van der Waals surface area contributed by atoms with Gasteiger partial charge in [0, 0.05) is 37.0 Å². The number of amides is 2. The van der Waals surface area contributed by atoms with Crippen LogP contribution in [0.2, 0.25) is 0 Å². The van der Waals surface area contributed by atoms with Crippen LogP contribution in [0.4, 0.5) is 5.69 Å². The fraction of sp³-hybridized carbons (Fsp3) is 0.280. The van der Waals surface area contributed by atoms with Gasteiger partial charge in [-0.3, -0.25) is 19.0 Å². The van der Waals surface area contributed by atoms with Crippen molar-refractivity contribution in [2.24, 2.45) is 0 Å². The number of carbonyl (C=O) groups excluding carboxylic acids is 2. The molecule has 9 heteroatoms. The molecule has 0 aliphatic carbocycles. The van der Waals surface area contributed by atoms with Crippen LogP contribution in [0.1, 0.15) is 33.2 Å². The van der Waals surface area contributed by atoms with E-state index in [1.807, 2.05) is 12.1 Å². The first kappa shape index (κ1) is 20.6. The highest BCUT2D eigenvalue weighted by Crippen LogP contribution is 2.32. The van der Waals surface area contributed by atoms with Crippen LogP contribution in [-0.4, -0.2) is 52.6 Å². The average Bonchev–Trinajstić information content (AvgIpc) is 3.49. The van der Waals surface area contributed by atoms with Gasteiger partial charge in [-0.05, 0) is 36.8 Å². The lowest BCUT2D eigenvalue weighted by molar-refractivity contribution is 0.0285. The number of rotatable bonds is 3. The number of nitrogens with one attached hydrogen (secondary N) is 1. The Morgan fingerprint density at radius 1 is 1.00 bits per heavy atom. The maximum absolute atomic E-state index is 13.3. The van der Waals surface area contributed by atoms with Gasteiger partial charge in [0.25, 0.3) is 17.4 Å². The van der Waals surface area contributed by atoms with Gasteiger partial charge < -0.3 is 19.4 Å². The van der Waals surface area contributed by atoms with Crippen LogP contribution < -0.4 is 10.9 Å². The monoisotopic (exact) mass is 458 g/mol. The molecule has 1 fully saturated rings. The minimum Gasteiger partial charge on any atom is -0.449 e. The van der Waals surface area contributed by atoms with E-state index in [0.717, 1.165) is 18.7 Å². The van der Waals surface area contributed by atoms with E-state index in [0.29, 0.717) is 66.0 Å². The average molecular weight is 458 g/mol. The highest BCUT2D eigenvalue weighted by atomic mass is 16.5. The van der Waals surface area contributed by atoms with Crippen LogP contribution in [0, 0.1) is 0 Å². The minimum atomic E-state index is -0.410. The van der Waals surface area contributed by atoms with Crippen LogP contribution in [0.25, 0.3) is 21.9 Å². The molecule has 2 amide bonds. The number of anilines is 1. The number of hydrogen-bond donors (Lipinski definition) is 1. The summed E-state index contributed by atoms with van der Waals surface area (Å²) in [5, 5.41) is 4.01. The fourth-order valence-electron chi connectivity index (χ4n) is 4.64. The quantitative estimate of drug-likeness (QED) is 0.506. The lowest BCUT2D eigenvalue weighted by Crippen LogP contribution is -2.40. The van der Waals surface area contributed by atoms with E-state index >= 15 is 0 Å². The molecule has 172 valence electrons. The van der Waals surface area contributed by atoms with E-state index in [1.54, 1.807) is 39.8 Å². The van der Waals surface area contributed by atoms with E-state index in [1.165, 1.54) is 0 Å². The summed E-state index contributed by atoms with van der Waals surface area (Å²) in [4.78, 5) is 45.5. The SMILES string of the molecule is O=C(Nc1c(C(=O)N2CCOCC2)oc2ccccc12)c1ccc2c(=O)n3c(nc2c1)CCC3. The first-order chi connectivity index (χ1) is 16.6. The normalized spacial score (nSPS) is 15.6. The van der Waals surface area contributed by atoms with Crippen molar-refractivity contribution in [1.29, 1.82) is 0 Å². The van der Waals surface area contributed by atoms with Crippen molar-refractivity contribution in [2.75, 3.05) is 31.6 Å². The molecule has 4 heterocycles. The lowest BCUT2D eigenvalue weighted by atomic mass is 10.1. The van der Waals surface area contributed by atoms with Crippen molar-refractivity contribution in [3.8, 4) is 0 Å². The number of fused-ring (bicyclic) bond motifs is 3. The Morgan fingerprint density at radius 2 is 1.82 bits per heavy atom. The molecule has 34 heavy (non-hydrogen) atoms. The predicted molar refractivity (Wildman–Crippen MR) is 125 cm³/mol. The van der Waals surface area contributed by atoms with Crippen molar-refractivity contribution in [1.82, 2.24) is 14.5 Å². The molecule has 1 saturated heterocycles. The number of ether oxygens (including phenoxy) is 1. The van der Waals surface area contributed by atoms with Gasteiger partial charge in [0.15, 0.2) is 0 Å². The smallest absolute Gasteiger partial charge is 0.291 e. The van der Waals surface area contributed by atoms with Crippen LogP contribution in [0.5, 0.6) is 0 Å². The van der Waals surface area contributed by atoms with Crippen molar-refractivity contribution in [3.05, 3.63) is 70.0 Å². The highest BCUT2D eigenvalue weighted by Gasteiger charge is 2.28. The Bertz CT molecular complexity index is 1510. The maximum atomic E-state index is 13.3. The van der Waals surface area contributed by atoms with Gasteiger partial charge in [0.1, 0.15) is 17.1 Å². The van der Waals surface area contributed by atoms with Gasteiger partial charge >= 0.3 is 0 Å². The second kappa shape index (κ2) is 8.11. The van der Waals surface area contributed by atoms with Crippen LogP contribution >= 0.6 is 0 Å². The van der Waals surface area contributed by atoms with Crippen molar-refractivity contribution in [2.45, 2.75) is 19.4 Å². The Kier molecular flexibility index (Phi) is 4.91. The molecule has 0 radical (unpaired) electrons.